The van der Waals surface area contributed by atoms with Crippen LogP contribution in [0.3, 0.4) is 0 Å². The van der Waals surface area contributed by atoms with Crippen LogP contribution in [0.4, 0.5) is 5.69 Å². The Bertz CT molecular complexity index is 750. The molecule has 0 unspecified atom stereocenters. The molecular formula is C19H21NO4. The lowest BCUT2D eigenvalue weighted by Crippen LogP contribution is -2.15. The topological polar surface area (TPSA) is 75.6 Å². The Balaban J connectivity index is 1.79. The summed E-state index contributed by atoms with van der Waals surface area (Å²) in [4.78, 5) is 23.0. The number of hydrogen-bond donors (Lipinski definition) is 2. The summed E-state index contributed by atoms with van der Waals surface area (Å²) in [5, 5.41) is 13.4. The van der Waals surface area contributed by atoms with Gasteiger partial charge in [-0.2, -0.15) is 0 Å². The molecule has 2 aromatic rings. The molecule has 0 aromatic heterocycles. The van der Waals surface area contributed by atoms with Crippen LogP contribution in [0.2, 0.25) is 0 Å². The van der Waals surface area contributed by atoms with Gasteiger partial charge in [-0.25, -0.2) is 4.79 Å². The highest BCUT2D eigenvalue weighted by Gasteiger charge is 2.19. The minimum Gasteiger partial charge on any atom is -0.481 e. The Morgan fingerprint density at radius 2 is 1.79 bits per heavy atom. The zero-order chi connectivity index (χ0) is 16.9. The normalized spacial score (nSPS) is 14.7. The van der Waals surface area contributed by atoms with E-state index in [9.17, 15) is 9.59 Å². The number of nitrogens with one attached hydrogen (secondary N) is 1. The number of anilines is 1. The first kappa shape index (κ1) is 16.3. The standard InChI is InChI=1S/C19H21NO4/c21-18(11-13-5-1-2-6-13)20-16-9-10-17(24-12-19(22)23)15-8-4-3-7-14(15)16/h3-4,7-10,13H,1-2,5-6,11-12H2,(H,20,21)(H,22,23). The van der Waals surface area contributed by atoms with Crippen molar-refractivity contribution in [1.82, 2.24) is 0 Å². The SMILES string of the molecule is O=C(O)COc1ccc(NC(=O)CC2CCCC2)c2ccccc12. The molecule has 0 saturated heterocycles. The predicted octanol–water partition coefficient (Wildman–Crippen LogP) is 3.82. The summed E-state index contributed by atoms with van der Waals surface area (Å²) in [6.45, 7) is -0.391. The lowest BCUT2D eigenvalue weighted by molar-refractivity contribution is -0.139. The van der Waals surface area contributed by atoms with E-state index in [0.717, 1.165) is 29.3 Å². The molecular weight excluding hydrogens is 306 g/mol. The summed E-state index contributed by atoms with van der Waals surface area (Å²) in [5.41, 5.74) is 0.733. The Morgan fingerprint density at radius 1 is 1.08 bits per heavy atom. The number of ether oxygens (including phenoxy) is 1. The molecule has 2 aromatic carbocycles. The van der Waals surface area contributed by atoms with E-state index in [1.54, 1.807) is 12.1 Å². The number of carboxylic acid groups (broad SMARTS) is 1. The first-order chi connectivity index (χ1) is 11.6. The van der Waals surface area contributed by atoms with Gasteiger partial charge in [0.15, 0.2) is 6.61 Å². The fourth-order valence-corrected chi connectivity index (χ4v) is 3.32. The quantitative estimate of drug-likeness (QED) is 0.845. The predicted molar refractivity (Wildman–Crippen MR) is 92.3 cm³/mol. The zero-order valence-electron chi connectivity index (χ0n) is 13.5. The summed E-state index contributed by atoms with van der Waals surface area (Å²) in [6, 6.07) is 11.0. The lowest BCUT2D eigenvalue weighted by Gasteiger charge is -2.14. The summed E-state index contributed by atoms with van der Waals surface area (Å²) in [5.74, 6) is 0.00973. The number of carboxylic acids is 1. The second kappa shape index (κ2) is 7.34. The van der Waals surface area contributed by atoms with Crippen molar-refractivity contribution in [3.63, 3.8) is 0 Å². The second-order valence-corrected chi connectivity index (χ2v) is 6.24. The number of aliphatic carboxylic acids is 1. The molecule has 0 aliphatic heterocycles. The van der Waals surface area contributed by atoms with Gasteiger partial charge in [-0.3, -0.25) is 4.79 Å². The molecule has 126 valence electrons. The van der Waals surface area contributed by atoms with E-state index in [2.05, 4.69) is 5.32 Å². The maximum atomic E-state index is 12.3. The first-order valence-electron chi connectivity index (χ1n) is 8.29. The van der Waals surface area contributed by atoms with Gasteiger partial charge in [0.25, 0.3) is 0 Å². The van der Waals surface area contributed by atoms with Crippen molar-refractivity contribution in [2.45, 2.75) is 32.1 Å². The number of carbonyl (C=O) groups excluding carboxylic acids is 1. The van der Waals surface area contributed by atoms with Gasteiger partial charge in [0.1, 0.15) is 5.75 Å². The van der Waals surface area contributed by atoms with Crippen molar-refractivity contribution in [3.05, 3.63) is 36.4 Å². The fourth-order valence-electron chi connectivity index (χ4n) is 3.32. The number of amides is 1. The van der Waals surface area contributed by atoms with Crippen LogP contribution in [0.5, 0.6) is 5.75 Å². The average Bonchev–Trinajstić information content (AvgIpc) is 3.07. The molecule has 24 heavy (non-hydrogen) atoms. The van der Waals surface area contributed by atoms with Gasteiger partial charge in [-0.1, -0.05) is 37.1 Å². The smallest absolute Gasteiger partial charge is 0.341 e. The number of hydrogen-bond acceptors (Lipinski definition) is 3. The molecule has 0 radical (unpaired) electrons. The molecule has 3 rings (SSSR count). The average molecular weight is 327 g/mol. The zero-order valence-corrected chi connectivity index (χ0v) is 13.5. The molecule has 0 spiro atoms. The molecule has 1 saturated carbocycles. The lowest BCUT2D eigenvalue weighted by atomic mass is 10.0. The summed E-state index contributed by atoms with van der Waals surface area (Å²) < 4.78 is 5.34. The Kier molecular flexibility index (Phi) is 4.99. The molecule has 5 nitrogen and oxygen atoms in total. The van der Waals surface area contributed by atoms with Gasteiger partial charge >= 0.3 is 5.97 Å². The van der Waals surface area contributed by atoms with Crippen LogP contribution < -0.4 is 10.1 Å². The van der Waals surface area contributed by atoms with E-state index < -0.39 is 12.6 Å². The van der Waals surface area contributed by atoms with Gasteiger partial charge in [0.05, 0.1) is 0 Å². The van der Waals surface area contributed by atoms with Crippen molar-refractivity contribution in [1.29, 1.82) is 0 Å². The molecule has 2 N–H and O–H groups in total. The third-order valence-corrected chi connectivity index (χ3v) is 4.46. The number of rotatable bonds is 6. The first-order valence-corrected chi connectivity index (χ1v) is 8.29. The van der Waals surface area contributed by atoms with Crippen LogP contribution in [-0.2, 0) is 9.59 Å². The molecule has 0 bridgehead atoms. The molecule has 1 aliphatic rings. The van der Waals surface area contributed by atoms with Crippen molar-refractivity contribution < 1.29 is 19.4 Å². The van der Waals surface area contributed by atoms with Crippen molar-refractivity contribution in [2.75, 3.05) is 11.9 Å². The summed E-state index contributed by atoms with van der Waals surface area (Å²) in [6.07, 6.45) is 5.27. The van der Waals surface area contributed by atoms with E-state index in [-0.39, 0.29) is 5.91 Å². The highest BCUT2D eigenvalue weighted by atomic mass is 16.5. The molecule has 1 fully saturated rings. The Morgan fingerprint density at radius 3 is 2.50 bits per heavy atom. The summed E-state index contributed by atoms with van der Waals surface area (Å²) >= 11 is 0. The van der Waals surface area contributed by atoms with Crippen molar-refractivity contribution in [3.8, 4) is 5.75 Å². The molecule has 1 aliphatic carbocycles. The van der Waals surface area contributed by atoms with E-state index in [1.165, 1.54) is 12.8 Å². The number of fused-ring (bicyclic) bond motifs is 1. The van der Waals surface area contributed by atoms with Crippen molar-refractivity contribution in [2.24, 2.45) is 5.92 Å². The van der Waals surface area contributed by atoms with Crippen LogP contribution in [0.1, 0.15) is 32.1 Å². The largest absolute Gasteiger partial charge is 0.481 e. The second-order valence-electron chi connectivity index (χ2n) is 6.24. The maximum absolute atomic E-state index is 12.3. The van der Waals surface area contributed by atoms with Gasteiger partial charge in [-0.15, -0.1) is 0 Å². The van der Waals surface area contributed by atoms with Crippen LogP contribution in [0, 0.1) is 5.92 Å². The Hall–Kier alpha value is -2.56. The number of carbonyl (C=O) groups is 2. The monoisotopic (exact) mass is 327 g/mol. The Labute approximate surface area is 140 Å². The minimum atomic E-state index is -1.02. The highest BCUT2D eigenvalue weighted by molar-refractivity contribution is 6.04. The molecule has 0 atom stereocenters. The van der Waals surface area contributed by atoms with Gasteiger partial charge in [-0.05, 0) is 30.9 Å². The van der Waals surface area contributed by atoms with Crippen LogP contribution in [0.15, 0.2) is 36.4 Å². The fraction of sp³-hybridized carbons (Fsp3) is 0.368. The van der Waals surface area contributed by atoms with Gasteiger partial charge in [0, 0.05) is 22.9 Å². The van der Waals surface area contributed by atoms with E-state index in [0.29, 0.717) is 18.1 Å². The summed E-state index contributed by atoms with van der Waals surface area (Å²) in [7, 11) is 0. The van der Waals surface area contributed by atoms with Gasteiger partial charge in [0.2, 0.25) is 5.91 Å². The van der Waals surface area contributed by atoms with E-state index in [1.807, 2.05) is 24.3 Å². The van der Waals surface area contributed by atoms with Crippen LogP contribution >= 0.6 is 0 Å². The van der Waals surface area contributed by atoms with Crippen LogP contribution in [-0.4, -0.2) is 23.6 Å². The van der Waals surface area contributed by atoms with Gasteiger partial charge < -0.3 is 15.2 Å². The van der Waals surface area contributed by atoms with E-state index >= 15 is 0 Å². The maximum Gasteiger partial charge on any atom is 0.341 e. The molecule has 0 heterocycles. The number of benzene rings is 2. The third-order valence-electron chi connectivity index (χ3n) is 4.46. The molecule has 1 amide bonds. The minimum absolute atomic E-state index is 0.0336. The highest BCUT2D eigenvalue weighted by Crippen LogP contribution is 2.32. The van der Waals surface area contributed by atoms with Crippen molar-refractivity contribution >= 4 is 28.3 Å². The van der Waals surface area contributed by atoms with Crippen LogP contribution in [0.25, 0.3) is 10.8 Å². The van der Waals surface area contributed by atoms with E-state index in [4.69, 9.17) is 9.84 Å². The third kappa shape index (κ3) is 3.85. The molecule has 5 heteroatoms.